The van der Waals surface area contributed by atoms with Crippen LogP contribution in [0.5, 0.6) is 0 Å². The Morgan fingerprint density at radius 3 is 2.72 bits per heavy atom. The molecule has 0 radical (unpaired) electrons. The average Bonchev–Trinajstić information content (AvgIpc) is 2.83. The van der Waals surface area contributed by atoms with E-state index in [1.54, 1.807) is 17.4 Å². The third-order valence-corrected chi connectivity index (χ3v) is 4.20. The van der Waals surface area contributed by atoms with Crippen LogP contribution in [0.25, 0.3) is 0 Å². The quantitative estimate of drug-likeness (QED) is 0.861. The van der Waals surface area contributed by atoms with Gasteiger partial charge in [-0.25, -0.2) is 0 Å². The molecular formula is C14H15Cl2NS. The summed E-state index contributed by atoms with van der Waals surface area (Å²) in [5.41, 5.74) is 8.57. The number of benzene rings is 1. The van der Waals surface area contributed by atoms with E-state index in [1.165, 1.54) is 5.56 Å². The van der Waals surface area contributed by atoms with Gasteiger partial charge in [0.2, 0.25) is 0 Å². The molecule has 0 aliphatic rings. The number of hydrogen-bond acceptors (Lipinski definition) is 2. The molecule has 0 bridgehead atoms. The molecule has 1 unspecified atom stereocenters. The molecule has 1 nitrogen and oxygen atoms in total. The van der Waals surface area contributed by atoms with Gasteiger partial charge in [-0.3, -0.25) is 0 Å². The maximum absolute atomic E-state index is 6.14. The highest BCUT2D eigenvalue weighted by molar-refractivity contribution is 7.07. The van der Waals surface area contributed by atoms with Gasteiger partial charge >= 0.3 is 0 Å². The maximum atomic E-state index is 6.14. The van der Waals surface area contributed by atoms with E-state index in [-0.39, 0.29) is 6.04 Å². The molecule has 0 saturated carbocycles. The SMILES string of the molecule is NC(CCc1ccsc1)Cc1ccc(Cl)cc1Cl. The zero-order chi connectivity index (χ0) is 13.0. The van der Waals surface area contributed by atoms with Crippen LogP contribution in [0.1, 0.15) is 17.5 Å². The minimum Gasteiger partial charge on any atom is -0.327 e. The van der Waals surface area contributed by atoms with Crippen molar-refractivity contribution in [1.82, 2.24) is 0 Å². The molecule has 1 heterocycles. The largest absolute Gasteiger partial charge is 0.327 e. The van der Waals surface area contributed by atoms with Gasteiger partial charge in [-0.2, -0.15) is 11.3 Å². The van der Waals surface area contributed by atoms with Crippen LogP contribution >= 0.6 is 34.5 Å². The Labute approximate surface area is 122 Å². The summed E-state index contributed by atoms with van der Waals surface area (Å²) in [4.78, 5) is 0. The van der Waals surface area contributed by atoms with E-state index in [0.717, 1.165) is 24.8 Å². The first-order valence-electron chi connectivity index (χ1n) is 5.86. The lowest BCUT2D eigenvalue weighted by Gasteiger charge is -2.12. The van der Waals surface area contributed by atoms with E-state index in [0.29, 0.717) is 10.0 Å². The Hall–Kier alpha value is -0.540. The molecular weight excluding hydrogens is 285 g/mol. The predicted octanol–water partition coefficient (Wildman–Crippen LogP) is 4.56. The van der Waals surface area contributed by atoms with Crippen molar-refractivity contribution in [2.24, 2.45) is 5.73 Å². The van der Waals surface area contributed by atoms with Crippen LogP contribution in [0.4, 0.5) is 0 Å². The normalized spacial score (nSPS) is 12.6. The molecule has 4 heteroatoms. The lowest BCUT2D eigenvalue weighted by Crippen LogP contribution is -2.23. The van der Waals surface area contributed by atoms with Gasteiger partial charge in [0.25, 0.3) is 0 Å². The Balaban J connectivity index is 1.88. The van der Waals surface area contributed by atoms with Crippen molar-refractivity contribution in [2.75, 3.05) is 0 Å². The standard InChI is InChI=1S/C14H15Cl2NS/c15-12-3-2-11(14(16)8-12)7-13(17)4-1-10-5-6-18-9-10/h2-3,5-6,8-9,13H,1,4,7,17H2. The van der Waals surface area contributed by atoms with Crippen LogP contribution in [0.2, 0.25) is 10.0 Å². The number of halogens is 2. The fourth-order valence-electron chi connectivity index (χ4n) is 1.86. The van der Waals surface area contributed by atoms with Crippen LogP contribution in [0, 0.1) is 0 Å². The Morgan fingerprint density at radius 2 is 2.06 bits per heavy atom. The molecule has 0 amide bonds. The molecule has 2 rings (SSSR count). The molecule has 96 valence electrons. The Bertz CT molecular complexity index is 497. The highest BCUT2D eigenvalue weighted by atomic mass is 35.5. The summed E-state index contributed by atoms with van der Waals surface area (Å²) >= 11 is 13.7. The lowest BCUT2D eigenvalue weighted by molar-refractivity contribution is 0.611. The third kappa shape index (κ3) is 3.99. The second kappa shape index (κ2) is 6.58. The summed E-state index contributed by atoms with van der Waals surface area (Å²) in [6.07, 6.45) is 2.78. The van der Waals surface area contributed by atoms with E-state index in [1.807, 2.05) is 12.1 Å². The minimum absolute atomic E-state index is 0.128. The van der Waals surface area contributed by atoms with Gasteiger partial charge in [0.15, 0.2) is 0 Å². The Morgan fingerprint density at radius 1 is 1.22 bits per heavy atom. The van der Waals surface area contributed by atoms with E-state index >= 15 is 0 Å². The first-order chi connectivity index (χ1) is 8.65. The number of rotatable bonds is 5. The van der Waals surface area contributed by atoms with Gasteiger partial charge in [0.05, 0.1) is 0 Å². The van der Waals surface area contributed by atoms with Gasteiger partial charge in [0, 0.05) is 16.1 Å². The zero-order valence-electron chi connectivity index (χ0n) is 9.90. The summed E-state index contributed by atoms with van der Waals surface area (Å²) < 4.78 is 0. The van der Waals surface area contributed by atoms with Crippen LogP contribution in [-0.2, 0) is 12.8 Å². The molecule has 2 N–H and O–H groups in total. The molecule has 1 atom stereocenters. The Kier molecular flexibility index (Phi) is 5.07. The molecule has 1 aromatic carbocycles. The number of aryl methyl sites for hydroxylation is 1. The molecule has 0 saturated heterocycles. The van der Waals surface area contributed by atoms with Crippen LogP contribution in [-0.4, -0.2) is 6.04 Å². The number of hydrogen-bond donors (Lipinski definition) is 1. The van der Waals surface area contributed by atoms with Crippen molar-refractivity contribution in [3.63, 3.8) is 0 Å². The van der Waals surface area contributed by atoms with Crippen molar-refractivity contribution < 1.29 is 0 Å². The van der Waals surface area contributed by atoms with E-state index in [2.05, 4.69) is 16.8 Å². The van der Waals surface area contributed by atoms with Crippen molar-refractivity contribution in [3.8, 4) is 0 Å². The van der Waals surface area contributed by atoms with Crippen LogP contribution < -0.4 is 5.73 Å². The van der Waals surface area contributed by atoms with E-state index < -0.39 is 0 Å². The van der Waals surface area contributed by atoms with Crippen LogP contribution in [0.15, 0.2) is 35.0 Å². The van der Waals surface area contributed by atoms with Gasteiger partial charge < -0.3 is 5.73 Å². The van der Waals surface area contributed by atoms with Crippen LogP contribution in [0.3, 0.4) is 0 Å². The molecule has 1 aromatic heterocycles. The summed E-state index contributed by atoms with van der Waals surface area (Å²) in [5, 5.41) is 5.63. The first kappa shape index (κ1) is 13.9. The topological polar surface area (TPSA) is 26.0 Å². The third-order valence-electron chi connectivity index (χ3n) is 2.88. The average molecular weight is 300 g/mol. The summed E-state index contributed by atoms with van der Waals surface area (Å²) in [6.45, 7) is 0. The fraction of sp³-hybridized carbons (Fsp3) is 0.286. The van der Waals surface area contributed by atoms with E-state index in [4.69, 9.17) is 28.9 Å². The minimum atomic E-state index is 0.128. The highest BCUT2D eigenvalue weighted by Crippen LogP contribution is 2.22. The van der Waals surface area contributed by atoms with Crippen molar-refractivity contribution in [1.29, 1.82) is 0 Å². The van der Waals surface area contributed by atoms with Crippen molar-refractivity contribution in [2.45, 2.75) is 25.3 Å². The number of thiophene rings is 1. The first-order valence-corrected chi connectivity index (χ1v) is 7.55. The molecule has 2 aromatic rings. The van der Waals surface area contributed by atoms with Gasteiger partial charge in [-0.1, -0.05) is 29.3 Å². The lowest BCUT2D eigenvalue weighted by atomic mass is 10.0. The summed E-state index contributed by atoms with van der Waals surface area (Å²) in [7, 11) is 0. The second-order valence-corrected chi connectivity index (χ2v) is 5.99. The fourth-order valence-corrected chi connectivity index (χ4v) is 3.05. The smallest absolute Gasteiger partial charge is 0.0453 e. The molecule has 18 heavy (non-hydrogen) atoms. The zero-order valence-corrected chi connectivity index (χ0v) is 12.2. The molecule has 0 spiro atoms. The predicted molar refractivity (Wildman–Crippen MR) is 80.8 cm³/mol. The maximum Gasteiger partial charge on any atom is 0.0453 e. The summed E-state index contributed by atoms with van der Waals surface area (Å²) in [6, 6.07) is 7.85. The number of nitrogens with two attached hydrogens (primary N) is 1. The van der Waals surface area contributed by atoms with Gasteiger partial charge in [-0.15, -0.1) is 0 Å². The molecule has 0 fully saturated rings. The van der Waals surface area contributed by atoms with Crippen molar-refractivity contribution >= 4 is 34.5 Å². The van der Waals surface area contributed by atoms with Gasteiger partial charge in [-0.05, 0) is 59.3 Å². The summed E-state index contributed by atoms with van der Waals surface area (Å²) in [5.74, 6) is 0. The van der Waals surface area contributed by atoms with E-state index in [9.17, 15) is 0 Å². The molecule has 0 aliphatic carbocycles. The van der Waals surface area contributed by atoms with Crippen molar-refractivity contribution in [3.05, 3.63) is 56.2 Å². The second-order valence-electron chi connectivity index (χ2n) is 4.37. The highest BCUT2D eigenvalue weighted by Gasteiger charge is 2.08. The molecule has 0 aliphatic heterocycles. The van der Waals surface area contributed by atoms with Gasteiger partial charge in [0.1, 0.15) is 0 Å². The monoisotopic (exact) mass is 299 g/mol.